The monoisotopic (exact) mass is 312 g/mol. The zero-order valence-electron chi connectivity index (χ0n) is 13.8. The van der Waals surface area contributed by atoms with E-state index < -0.39 is 0 Å². The van der Waals surface area contributed by atoms with Gasteiger partial charge in [-0.3, -0.25) is 0 Å². The van der Waals surface area contributed by atoms with E-state index in [2.05, 4.69) is 16.9 Å². The number of aryl methyl sites for hydroxylation is 1. The smallest absolute Gasteiger partial charge is 0.159 e. The van der Waals surface area contributed by atoms with E-state index in [0.717, 1.165) is 23.8 Å². The molecule has 1 aromatic carbocycles. The van der Waals surface area contributed by atoms with Gasteiger partial charge in [0, 0.05) is 18.0 Å². The number of benzene rings is 1. The summed E-state index contributed by atoms with van der Waals surface area (Å²) < 4.78 is 12.9. The van der Waals surface area contributed by atoms with E-state index in [-0.39, 0.29) is 5.82 Å². The first-order valence-electron chi connectivity index (χ1n) is 8.81. The summed E-state index contributed by atoms with van der Waals surface area (Å²) >= 11 is 0. The molecule has 23 heavy (non-hydrogen) atoms. The zero-order chi connectivity index (χ0) is 16.1. The molecule has 1 heterocycles. The maximum Gasteiger partial charge on any atom is 0.159 e. The van der Waals surface area contributed by atoms with Gasteiger partial charge in [0.05, 0.1) is 0 Å². The Kier molecular flexibility index (Phi) is 5.37. The lowest BCUT2D eigenvalue weighted by molar-refractivity contribution is 0.258. The van der Waals surface area contributed by atoms with E-state index >= 15 is 0 Å². The molecule has 1 saturated carbocycles. The van der Waals surface area contributed by atoms with Crippen molar-refractivity contribution in [1.29, 1.82) is 0 Å². The highest BCUT2D eigenvalue weighted by Gasteiger charge is 2.19. The molecule has 0 saturated heterocycles. The van der Waals surface area contributed by atoms with Crippen LogP contribution >= 0.6 is 0 Å². The van der Waals surface area contributed by atoms with Crippen LogP contribution in [0.25, 0.3) is 11.4 Å². The molecule has 1 fully saturated rings. The van der Waals surface area contributed by atoms with E-state index in [1.165, 1.54) is 56.2 Å². The maximum absolute atomic E-state index is 12.9. The summed E-state index contributed by atoms with van der Waals surface area (Å²) in [6.07, 6.45) is 13.1. The van der Waals surface area contributed by atoms with Crippen molar-refractivity contribution < 1.29 is 4.39 Å². The summed E-state index contributed by atoms with van der Waals surface area (Å²) in [5.41, 5.74) is 2.06. The van der Waals surface area contributed by atoms with Crippen molar-refractivity contribution >= 4 is 0 Å². The Bertz CT molecular complexity index is 599. The van der Waals surface area contributed by atoms with Crippen molar-refractivity contribution in [2.45, 2.75) is 51.9 Å². The Morgan fingerprint density at radius 1 is 0.957 bits per heavy atom. The minimum Gasteiger partial charge on any atom is -0.236 e. The lowest BCUT2D eigenvalue weighted by Gasteiger charge is -2.27. The normalized spacial score (nSPS) is 21.3. The average Bonchev–Trinajstić information content (AvgIpc) is 2.61. The average molecular weight is 312 g/mol. The molecule has 0 unspecified atom stereocenters. The van der Waals surface area contributed by atoms with E-state index in [9.17, 15) is 4.39 Å². The van der Waals surface area contributed by atoms with E-state index in [4.69, 9.17) is 0 Å². The van der Waals surface area contributed by atoms with Crippen LogP contribution in [0.3, 0.4) is 0 Å². The Morgan fingerprint density at radius 3 is 2.17 bits per heavy atom. The third-order valence-corrected chi connectivity index (χ3v) is 5.19. The van der Waals surface area contributed by atoms with Gasteiger partial charge in [0.25, 0.3) is 0 Å². The molecule has 0 N–H and O–H groups in total. The van der Waals surface area contributed by atoms with Crippen molar-refractivity contribution in [2.75, 3.05) is 0 Å². The van der Waals surface area contributed by atoms with Crippen molar-refractivity contribution in [3.8, 4) is 11.4 Å². The van der Waals surface area contributed by atoms with Crippen molar-refractivity contribution in [3.05, 3.63) is 48.0 Å². The Morgan fingerprint density at radius 2 is 1.57 bits per heavy atom. The summed E-state index contributed by atoms with van der Waals surface area (Å²) in [5, 5.41) is 0. The third-order valence-electron chi connectivity index (χ3n) is 5.19. The fraction of sp³-hybridized carbons (Fsp3) is 0.500. The van der Waals surface area contributed by atoms with Gasteiger partial charge in [-0.15, -0.1) is 0 Å². The van der Waals surface area contributed by atoms with Gasteiger partial charge < -0.3 is 0 Å². The molecule has 2 aromatic rings. The molecule has 0 aliphatic heterocycles. The van der Waals surface area contributed by atoms with Gasteiger partial charge in [-0.25, -0.2) is 14.4 Å². The van der Waals surface area contributed by atoms with Crippen molar-refractivity contribution in [2.24, 2.45) is 11.8 Å². The molecule has 0 radical (unpaired) electrons. The largest absolute Gasteiger partial charge is 0.236 e. The minimum atomic E-state index is -0.233. The highest BCUT2D eigenvalue weighted by molar-refractivity contribution is 5.54. The lowest BCUT2D eigenvalue weighted by atomic mass is 9.79. The van der Waals surface area contributed by atoms with Gasteiger partial charge in [-0.2, -0.15) is 0 Å². The van der Waals surface area contributed by atoms with Gasteiger partial charge in [0.15, 0.2) is 5.82 Å². The van der Waals surface area contributed by atoms with Crippen molar-refractivity contribution in [3.63, 3.8) is 0 Å². The van der Waals surface area contributed by atoms with Gasteiger partial charge in [0.2, 0.25) is 0 Å². The van der Waals surface area contributed by atoms with Crippen LogP contribution in [0.15, 0.2) is 36.7 Å². The van der Waals surface area contributed by atoms with Crippen LogP contribution in [0, 0.1) is 17.7 Å². The topological polar surface area (TPSA) is 25.8 Å². The minimum absolute atomic E-state index is 0.233. The van der Waals surface area contributed by atoms with E-state index in [1.54, 1.807) is 12.1 Å². The van der Waals surface area contributed by atoms with Crippen LogP contribution in [0.1, 0.15) is 51.0 Å². The van der Waals surface area contributed by atoms with Gasteiger partial charge in [-0.05, 0) is 54.5 Å². The molecule has 0 atom stereocenters. The fourth-order valence-electron chi connectivity index (χ4n) is 3.53. The van der Waals surface area contributed by atoms with E-state index in [0.29, 0.717) is 5.82 Å². The number of hydrogen-bond acceptors (Lipinski definition) is 2. The van der Waals surface area contributed by atoms with Crippen LogP contribution in [0.5, 0.6) is 0 Å². The Labute approximate surface area is 138 Å². The summed E-state index contributed by atoms with van der Waals surface area (Å²) in [5.74, 6) is 2.26. The summed E-state index contributed by atoms with van der Waals surface area (Å²) in [6.45, 7) is 2.31. The highest BCUT2D eigenvalue weighted by Crippen LogP contribution is 2.33. The summed E-state index contributed by atoms with van der Waals surface area (Å²) in [6, 6.07) is 6.32. The molecule has 0 bridgehead atoms. The molecule has 2 nitrogen and oxygen atoms in total. The molecule has 1 aliphatic carbocycles. The van der Waals surface area contributed by atoms with Gasteiger partial charge >= 0.3 is 0 Å². The standard InChI is InChI=1S/C20H25FN2/c1-2-15-3-5-16(6-4-15)7-8-17-13-22-20(23-14-17)18-9-11-19(21)12-10-18/h9-16H,2-8H2,1H3. The number of rotatable bonds is 5. The molecular formula is C20H25FN2. The zero-order valence-corrected chi connectivity index (χ0v) is 13.8. The van der Waals surface area contributed by atoms with Crippen molar-refractivity contribution in [1.82, 2.24) is 9.97 Å². The highest BCUT2D eigenvalue weighted by atomic mass is 19.1. The first-order valence-corrected chi connectivity index (χ1v) is 8.81. The first-order chi connectivity index (χ1) is 11.2. The molecular weight excluding hydrogens is 287 g/mol. The molecule has 3 rings (SSSR count). The second-order valence-electron chi connectivity index (χ2n) is 6.76. The number of hydrogen-bond donors (Lipinski definition) is 0. The predicted octanol–water partition coefficient (Wildman–Crippen LogP) is 5.43. The van der Waals surface area contributed by atoms with E-state index in [1.807, 2.05) is 12.4 Å². The van der Waals surface area contributed by atoms with Crippen LogP contribution in [-0.2, 0) is 6.42 Å². The molecule has 0 amide bonds. The van der Waals surface area contributed by atoms with Crippen LogP contribution in [0.2, 0.25) is 0 Å². The third kappa shape index (κ3) is 4.37. The van der Waals surface area contributed by atoms with Gasteiger partial charge in [-0.1, -0.05) is 39.0 Å². The Hall–Kier alpha value is -1.77. The Balaban J connectivity index is 1.53. The molecule has 3 heteroatoms. The second kappa shape index (κ2) is 7.67. The summed E-state index contributed by atoms with van der Waals surface area (Å²) in [4.78, 5) is 8.87. The van der Waals surface area contributed by atoms with Gasteiger partial charge in [0.1, 0.15) is 5.82 Å². The summed E-state index contributed by atoms with van der Waals surface area (Å²) in [7, 11) is 0. The number of aromatic nitrogens is 2. The first kappa shape index (κ1) is 16.1. The second-order valence-corrected chi connectivity index (χ2v) is 6.76. The number of halogens is 1. The quantitative estimate of drug-likeness (QED) is 0.735. The van der Waals surface area contributed by atoms with Crippen LogP contribution in [-0.4, -0.2) is 9.97 Å². The fourth-order valence-corrected chi connectivity index (χ4v) is 3.53. The molecule has 1 aliphatic rings. The predicted molar refractivity (Wildman–Crippen MR) is 91.5 cm³/mol. The molecule has 0 spiro atoms. The molecule has 122 valence electrons. The number of nitrogens with zero attached hydrogens (tertiary/aromatic N) is 2. The van der Waals surface area contributed by atoms with Crippen LogP contribution < -0.4 is 0 Å². The SMILES string of the molecule is CCC1CCC(CCc2cnc(-c3ccc(F)cc3)nc2)CC1. The maximum atomic E-state index is 12.9. The lowest BCUT2D eigenvalue weighted by Crippen LogP contribution is -2.14. The molecule has 1 aromatic heterocycles. The van der Waals surface area contributed by atoms with Crippen LogP contribution in [0.4, 0.5) is 4.39 Å².